The van der Waals surface area contributed by atoms with E-state index in [1.807, 2.05) is 39.0 Å². The van der Waals surface area contributed by atoms with Crippen molar-refractivity contribution in [1.29, 1.82) is 0 Å². The highest BCUT2D eigenvalue weighted by Gasteiger charge is 2.08. The highest BCUT2D eigenvalue weighted by atomic mass is 79.9. The summed E-state index contributed by atoms with van der Waals surface area (Å²) in [6.45, 7) is 5.84. The largest absolute Gasteiger partial charge is 0.347 e. The Bertz CT molecular complexity index is 473. The minimum atomic E-state index is -0.220. The van der Waals surface area contributed by atoms with Crippen LogP contribution in [0.3, 0.4) is 0 Å². The molecule has 2 N–H and O–H groups in total. The van der Waals surface area contributed by atoms with Crippen LogP contribution in [0.25, 0.3) is 0 Å². The van der Waals surface area contributed by atoms with Gasteiger partial charge in [0.1, 0.15) is 0 Å². The molecule has 0 atom stereocenters. The van der Waals surface area contributed by atoms with E-state index in [2.05, 4.69) is 26.6 Å². The number of amides is 2. The van der Waals surface area contributed by atoms with Crippen LogP contribution in [0.2, 0.25) is 0 Å². The topological polar surface area (TPSA) is 58.2 Å². The van der Waals surface area contributed by atoms with Crippen LogP contribution in [0.4, 0.5) is 5.69 Å². The van der Waals surface area contributed by atoms with Gasteiger partial charge < -0.3 is 10.6 Å². The average Bonchev–Trinajstić information content (AvgIpc) is 2.29. The third kappa shape index (κ3) is 5.87. The van der Waals surface area contributed by atoms with E-state index in [0.29, 0.717) is 6.42 Å². The van der Waals surface area contributed by atoms with Crippen LogP contribution in [0.1, 0.15) is 25.8 Å². The lowest BCUT2D eigenvalue weighted by Crippen LogP contribution is -2.33. The first kappa shape index (κ1) is 15.7. The maximum atomic E-state index is 11.7. The van der Waals surface area contributed by atoms with Crippen molar-refractivity contribution >= 4 is 33.4 Å². The first-order valence-corrected chi connectivity index (χ1v) is 7.00. The van der Waals surface area contributed by atoms with Crippen molar-refractivity contribution in [3.05, 3.63) is 28.2 Å². The van der Waals surface area contributed by atoms with Gasteiger partial charge in [0.25, 0.3) is 0 Å². The quantitative estimate of drug-likeness (QED) is 0.874. The lowest BCUT2D eigenvalue weighted by Gasteiger charge is -2.10. The van der Waals surface area contributed by atoms with Gasteiger partial charge in [0.2, 0.25) is 11.8 Å². The second-order valence-corrected chi connectivity index (χ2v) is 5.80. The Kier molecular flexibility index (Phi) is 6.02. The number of hydrogen-bond donors (Lipinski definition) is 2. The van der Waals surface area contributed by atoms with Crippen LogP contribution >= 0.6 is 15.9 Å². The molecule has 0 aliphatic heterocycles. The van der Waals surface area contributed by atoms with Crippen molar-refractivity contribution in [3.63, 3.8) is 0 Å². The van der Waals surface area contributed by atoms with Crippen LogP contribution in [-0.4, -0.2) is 18.4 Å². The van der Waals surface area contributed by atoms with E-state index < -0.39 is 0 Å². The minimum absolute atomic E-state index is 0.00105. The monoisotopic (exact) mass is 326 g/mol. The number of carbonyl (C=O) groups is 2. The van der Waals surface area contributed by atoms with Crippen LogP contribution in [0.15, 0.2) is 22.7 Å². The van der Waals surface area contributed by atoms with E-state index in [1.54, 1.807) is 0 Å². The number of aryl methyl sites for hydroxylation is 1. The lowest BCUT2D eigenvalue weighted by atomic mass is 10.1. The van der Waals surface area contributed by atoms with Gasteiger partial charge in [0, 0.05) is 16.6 Å². The fourth-order valence-electron chi connectivity index (χ4n) is 1.58. The summed E-state index contributed by atoms with van der Waals surface area (Å²) in [5.74, 6) is -0.0306. The van der Waals surface area contributed by atoms with Gasteiger partial charge in [-0.05, 0) is 36.6 Å². The summed E-state index contributed by atoms with van der Waals surface area (Å²) >= 11 is 3.37. The summed E-state index contributed by atoms with van der Waals surface area (Å²) in [5.41, 5.74) is 1.72. The molecule has 104 valence electrons. The minimum Gasteiger partial charge on any atom is -0.347 e. The number of rotatable bonds is 5. The zero-order chi connectivity index (χ0) is 14.4. The van der Waals surface area contributed by atoms with Crippen LogP contribution < -0.4 is 10.6 Å². The van der Waals surface area contributed by atoms with Gasteiger partial charge in [-0.15, -0.1) is 0 Å². The van der Waals surface area contributed by atoms with E-state index in [1.165, 1.54) is 0 Å². The molecule has 0 heterocycles. The molecule has 0 saturated carbocycles. The van der Waals surface area contributed by atoms with E-state index in [9.17, 15) is 9.59 Å². The van der Waals surface area contributed by atoms with E-state index in [0.717, 1.165) is 15.7 Å². The van der Waals surface area contributed by atoms with Gasteiger partial charge in [0.05, 0.1) is 6.54 Å². The SMILES string of the molecule is Cc1cc(Br)ccc1NC(=O)CNC(=O)CC(C)C. The normalized spacial score (nSPS) is 10.4. The Morgan fingerprint density at radius 1 is 1.26 bits per heavy atom. The summed E-state index contributed by atoms with van der Waals surface area (Å²) in [6.07, 6.45) is 0.435. The van der Waals surface area contributed by atoms with E-state index in [-0.39, 0.29) is 24.3 Å². The van der Waals surface area contributed by atoms with Crippen LogP contribution in [0.5, 0.6) is 0 Å². The van der Waals surface area contributed by atoms with E-state index >= 15 is 0 Å². The molecule has 1 rings (SSSR count). The fraction of sp³-hybridized carbons (Fsp3) is 0.429. The first-order chi connectivity index (χ1) is 8.88. The van der Waals surface area contributed by atoms with Gasteiger partial charge in [-0.25, -0.2) is 0 Å². The molecule has 0 aliphatic carbocycles. The number of benzene rings is 1. The molecule has 0 saturated heterocycles. The van der Waals surface area contributed by atoms with Gasteiger partial charge in [-0.2, -0.15) is 0 Å². The maximum Gasteiger partial charge on any atom is 0.243 e. The third-order valence-electron chi connectivity index (χ3n) is 2.50. The second-order valence-electron chi connectivity index (χ2n) is 4.88. The van der Waals surface area contributed by atoms with Crippen molar-refractivity contribution in [1.82, 2.24) is 5.32 Å². The number of nitrogens with one attached hydrogen (secondary N) is 2. The highest BCUT2D eigenvalue weighted by Crippen LogP contribution is 2.19. The van der Waals surface area contributed by atoms with Crippen LogP contribution in [0, 0.1) is 12.8 Å². The third-order valence-corrected chi connectivity index (χ3v) is 3.00. The summed E-state index contributed by atoms with van der Waals surface area (Å²) in [4.78, 5) is 23.1. The molecule has 1 aromatic carbocycles. The second kappa shape index (κ2) is 7.28. The Labute approximate surface area is 122 Å². The highest BCUT2D eigenvalue weighted by molar-refractivity contribution is 9.10. The van der Waals surface area contributed by atoms with Gasteiger partial charge in [0.15, 0.2) is 0 Å². The Balaban J connectivity index is 2.45. The maximum absolute atomic E-state index is 11.7. The van der Waals surface area contributed by atoms with Crippen LogP contribution in [-0.2, 0) is 9.59 Å². The molecule has 0 aromatic heterocycles. The molecule has 1 aromatic rings. The number of hydrogen-bond acceptors (Lipinski definition) is 2. The van der Waals surface area contributed by atoms with Gasteiger partial charge in [-0.3, -0.25) is 9.59 Å². The fourth-order valence-corrected chi connectivity index (χ4v) is 2.06. The molecule has 0 aliphatic rings. The van der Waals surface area contributed by atoms with Crippen molar-refractivity contribution < 1.29 is 9.59 Å². The zero-order valence-electron chi connectivity index (χ0n) is 11.4. The molecule has 5 heteroatoms. The van der Waals surface area contributed by atoms with Crippen molar-refractivity contribution in [2.45, 2.75) is 27.2 Å². The van der Waals surface area contributed by atoms with Gasteiger partial charge >= 0.3 is 0 Å². The summed E-state index contributed by atoms with van der Waals surface area (Å²) < 4.78 is 0.966. The number of carbonyl (C=O) groups excluding carboxylic acids is 2. The molecule has 0 fully saturated rings. The number of anilines is 1. The number of halogens is 1. The molecule has 0 spiro atoms. The Morgan fingerprint density at radius 2 is 1.95 bits per heavy atom. The predicted octanol–water partition coefficient (Wildman–Crippen LogP) is 2.86. The summed E-state index contributed by atoms with van der Waals surface area (Å²) in [6, 6.07) is 5.61. The predicted molar refractivity (Wildman–Crippen MR) is 80.0 cm³/mol. The summed E-state index contributed by atoms with van der Waals surface area (Å²) in [7, 11) is 0. The average molecular weight is 327 g/mol. The Hall–Kier alpha value is -1.36. The molecule has 2 amide bonds. The molecule has 4 nitrogen and oxygen atoms in total. The molecule has 0 radical (unpaired) electrons. The van der Waals surface area contributed by atoms with Crippen molar-refractivity contribution in [2.24, 2.45) is 5.92 Å². The standard InChI is InChI=1S/C14H19BrN2O2/c1-9(2)6-13(18)16-8-14(19)17-12-5-4-11(15)7-10(12)3/h4-5,7,9H,6,8H2,1-3H3,(H,16,18)(H,17,19). The van der Waals surface area contributed by atoms with E-state index in [4.69, 9.17) is 0 Å². The zero-order valence-corrected chi connectivity index (χ0v) is 13.0. The Morgan fingerprint density at radius 3 is 2.53 bits per heavy atom. The molecule has 0 unspecified atom stereocenters. The smallest absolute Gasteiger partial charge is 0.243 e. The van der Waals surface area contributed by atoms with Gasteiger partial charge in [-0.1, -0.05) is 29.8 Å². The summed E-state index contributed by atoms with van der Waals surface area (Å²) in [5, 5.41) is 5.38. The van der Waals surface area contributed by atoms with Crippen molar-refractivity contribution in [3.8, 4) is 0 Å². The molecular formula is C14H19BrN2O2. The molecule has 0 bridgehead atoms. The van der Waals surface area contributed by atoms with Crippen molar-refractivity contribution in [2.75, 3.05) is 11.9 Å². The molecular weight excluding hydrogens is 308 g/mol. The first-order valence-electron chi connectivity index (χ1n) is 6.21. The molecule has 19 heavy (non-hydrogen) atoms. The lowest BCUT2D eigenvalue weighted by molar-refractivity contribution is -0.124.